The van der Waals surface area contributed by atoms with E-state index in [1.807, 2.05) is 11.8 Å². The molecule has 0 aromatic carbocycles. The number of rotatable bonds is 5. The number of aromatic nitrogens is 3. The zero-order chi connectivity index (χ0) is 23.2. The molecule has 0 saturated carbocycles. The Labute approximate surface area is 195 Å². The summed E-state index contributed by atoms with van der Waals surface area (Å²) in [5.41, 5.74) is 1.16. The van der Waals surface area contributed by atoms with E-state index in [2.05, 4.69) is 20.3 Å². The fraction of sp³-hybridized carbons (Fsp3) is 0.545. The van der Waals surface area contributed by atoms with Gasteiger partial charge in [-0.25, -0.2) is 15.0 Å². The van der Waals surface area contributed by atoms with Crippen LogP contribution in [0.25, 0.3) is 11.3 Å². The number of anilines is 1. The summed E-state index contributed by atoms with van der Waals surface area (Å²) in [7, 11) is 0. The first kappa shape index (κ1) is 22.2. The third-order valence-corrected chi connectivity index (χ3v) is 6.76. The molecule has 0 spiro atoms. The van der Waals surface area contributed by atoms with Crippen molar-refractivity contribution in [2.45, 2.75) is 38.2 Å². The number of hydrogen-bond donors (Lipinski definition) is 1. The quantitative estimate of drug-likeness (QED) is 0.707. The van der Waals surface area contributed by atoms with Gasteiger partial charge in [-0.3, -0.25) is 4.79 Å². The van der Waals surface area contributed by atoms with Crippen molar-refractivity contribution < 1.29 is 18.3 Å². The van der Waals surface area contributed by atoms with Gasteiger partial charge in [0.2, 0.25) is 11.8 Å². The number of nitrogens with one attached hydrogen (secondary N) is 1. The summed E-state index contributed by atoms with van der Waals surface area (Å²) < 4.78 is 34.7. The van der Waals surface area contributed by atoms with Gasteiger partial charge >= 0.3 is 0 Å². The number of amides is 1. The van der Waals surface area contributed by atoms with Crippen LogP contribution < -0.4 is 15.0 Å². The van der Waals surface area contributed by atoms with E-state index in [1.165, 1.54) is 6.20 Å². The maximum atomic E-state index is 14.6. The highest BCUT2D eigenvalue weighted by Crippen LogP contribution is 2.45. The summed E-state index contributed by atoms with van der Waals surface area (Å²) in [6.45, 7) is 5.34. The molecule has 1 atom stereocenters. The van der Waals surface area contributed by atoms with Crippen molar-refractivity contribution in [3.05, 3.63) is 28.5 Å². The fourth-order valence-corrected chi connectivity index (χ4v) is 4.61. The normalized spacial score (nSPS) is 21.5. The number of alkyl halides is 2. The molecule has 2 aromatic rings. The zero-order valence-corrected chi connectivity index (χ0v) is 19.0. The molecule has 0 bridgehead atoms. The molecular weight excluding hydrogens is 454 g/mol. The summed E-state index contributed by atoms with van der Waals surface area (Å²) in [4.78, 5) is 29.1. The Morgan fingerprint density at radius 2 is 2.09 bits per heavy atom. The van der Waals surface area contributed by atoms with E-state index in [-0.39, 0.29) is 48.0 Å². The smallest absolute Gasteiger partial charge is 0.290 e. The average molecular weight is 479 g/mol. The van der Waals surface area contributed by atoms with Gasteiger partial charge in [0.05, 0.1) is 5.69 Å². The molecule has 11 heteroatoms. The third-order valence-electron chi connectivity index (χ3n) is 6.49. The number of hydrogen-bond acceptors (Lipinski definition) is 7. The molecule has 5 rings (SSSR count). The molecule has 0 unspecified atom stereocenters. The standard InChI is InChI=1S/C22H25ClF2N6O2/c1-13-3-7-31(13)21-28-18(15-2-4-22(24,25)19(15)29-21)14-10-16(23)20(27-11-14)33-12-17(32)30-8-5-26-6-9-30/h10-11,13,26H,2-9,12H2,1H3/t13-/m0/s1. The Morgan fingerprint density at radius 1 is 1.30 bits per heavy atom. The van der Waals surface area contributed by atoms with Gasteiger partial charge in [-0.15, -0.1) is 0 Å². The van der Waals surface area contributed by atoms with Crippen LogP contribution in [0.2, 0.25) is 5.02 Å². The summed E-state index contributed by atoms with van der Waals surface area (Å²) in [6.07, 6.45) is 2.36. The van der Waals surface area contributed by atoms with E-state index >= 15 is 0 Å². The highest BCUT2D eigenvalue weighted by Gasteiger charge is 2.44. The number of fused-ring (bicyclic) bond motifs is 1. The van der Waals surface area contributed by atoms with E-state index < -0.39 is 5.92 Å². The molecule has 33 heavy (non-hydrogen) atoms. The van der Waals surface area contributed by atoms with Crippen LogP contribution in [-0.4, -0.2) is 71.1 Å². The number of carbonyl (C=O) groups excluding carboxylic acids is 1. The topological polar surface area (TPSA) is 83.5 Å². The third kappa shape index (κ3) is 4.21. The van der Waals surface area contributed by atoms with Crippen LogP contribution in [-0.2, 0) is 17.1 Å². The van der Waals surface area contributed by atoms with Crippen LogP contribution in [0.15, 0.2) is 12.3 Å². The van der Waals surface area contributed by atoms with Crippen LogP contribution in [0.3, 0.4) is 0 Å². The van der Waals surface area contributed by atoms with E-state index in [0.29, 0.717) is 35.9 Å². The number of halogens is 3. The van der Waals surface area contributed by atoms with E-state index in [9.17, 15) is 13.6 Å². The van der Waals surface area contributed by atoms with Gasteiger partial charge in [0, 0.05) is 62.5 Å². The van der Waals surface area contributed by atoms with Crippen molar-refractivity contribution >= 4 is 23.5 Å². The molecule has 1 aliphatic carbocycles. The van der Waals surface area contributed by atoms with Gasteiger partial charge in [-0.1, -0.05) is 11.6 Å². The second kappa shape index (κ2) is 8.64. The molecular formula is C22H25ClF2N6O2. The predicted octanol–water partition coefficient (Wildman–Crippen LogP) is 2.64. The molecule has 3 aliphatic rings. The van der Waals surface area contributed by atoms with Crippen LogP contribution in [0.4, 0.5) is 14.7 Å². The fourth-order valence-electron chi connectivity index (χ4n) is 4.39. The lowest BCUT2D eigenvalue weighted by atomic mass is 10.0. The number of pyridine rings is 1. The minimum atomic E-state index is -2.99. The predicted molar refractivity (Wildman–Crippen MR) is 119 cm³/mol. The van der Waals surface area contributed by atoms with Gasteiger partial charge < -0.3 is 19.9 Å². The van der Waals surface area contributed by atoms with Crippen molar-refractivity contribution in [1.29, 1.82) is 0 Å². The van der Waals surface area contributed by atoms with Crippen molar-refractivity contribution in [3.63, 3.8) is 0 Å². The van der Waals surface area contributed by atoms with Gasteiger partial charge in [-0.05, 0) is 25.8 Å². The van der Waals surface area contributed by atoms with Crippen molar-refractivity contribution in [1.82, 2.24) is 25.2 Å². The Kier molecular flexibility index (Phi) is 5.82. The maximum absolute atomic E-state index is 14.6. The average Bonchev–Trinajstić information content (AvgIpc) is 3.11. The minimum Gasteiger partial charge on any atom is -0.466 e. The van der Waals surface area contributed by atoms with Crippen LogP contribution in [0.1, 0.15) is 31.0 Å². The highest BCUT2D eigenvalue weighted by molar-refractivity contribution is 6.32. The molecule has 8 nitrogen and oxygen atoms in total. The van der Waals surface area contributed by atoms with E-state index in [1.54, 1.807) is 11.0 Å². The first-order valence-electron chi connectivity index (χ1n) is 11.2. The Bertz CT molecular complexity index is 1080. The molecule has 4 heterocycles. The second-order valence-electron chi connectivity index (χ2n) is 8.67. The molecule has 2 fully saturated rings. The maximum Gasteiger partial charge on any atom is 0.290 e. The van der Waals surface area contributed by atoms with Gasteiger partial charge in [0.15, 0.2) is 6.61 Å². The van der Waals surface area contributed by atoms with Crippen LogP contribution >= 0.6 is 11.6 Å². The molecule has 2 aromatic heterocycles. The summed E-state index contributed by atoms with van der Waals surface area (Å²) in [5.74, 6) is -2.69. The van der Waals surface area contributed by atoms with Crippen molar-refractivity contribution in [3.8, 4) is 17.1 Å². The molecule has 1 amide bonds. The van der Waals surface area contributed by atoms with Crippen molar-refractivity contribution in [2.75, 3.05) is 44.2 Å². The lowest BCUT2D eigenvalue weighted by Gasteiger charge is -2.39. The SMILES string of the molecule is C[C@H]1CCN1c1nc(-c2cnc(OCC(=O)N3CCNCC3)c(Cl)c2)c2c(n1)C(F)(F)CC2. The first-order valence-corrected chi connectivity index (χ1v) is 11.5. The lowest BCUT2D eigenvalue weighted by molar-refractivity contribution is -0.134. The molecule has 1 N–H and O–H groups in total. The monoisotopic (exact) mass is 478 g/mol. The van der Waals surface area contributed by atoms with Gasteiger partial charge in [0.25, 0.3) is 11.8 Å². The highest BCUT2D eigenvalue weighted by atomic mass is 35.5. The lowest BCUT2D eigenvalue weighted by Crippen LogP contribution is -2.47. The Balaban J connectivity index is 1.40. The van der Waals surface area contributed by atoms with Gasteiger partial charge in [0.1, 0.15) is 10.7 Å². The molecule has 176 valence electrons. The first-order chi connectivity index (χ1) is 15.8. The van der Waals surface area contributed by atoms with E-state index in [0.717, 1.165) is 26.1 Å². The van der Waals surface area contributed by atoms with E-state index in [4.69, 9.17) is 16.3 Å². The summed E-state index contributed by atoms with van der Waals surface area (Å²) >= 11 is 6.40. The Hall–Kier alpha value is -2.59. The molecule has 2 saturated heterocycles. The largest absolute Gasteiger partial charge is 0.466 e. The summed E-state index contributed by atoms with van der Waals surface area (Å²) in [6, 6.07) is 1.80. The molecule has 2 aliphatic heterocycles. The zero-order valence-electron chi connectivity index (χ0n) is 18.3. The number of nitrogens with zero attached hydrogens (tertiary/aromatic N) is 5. The van der Waals surface area contributed by atoms with Crippen molar-refractivity contribution in [2.24, 2.45) is 0 Å². The second-order valence-corrected chi connectivity index (χ2v) is 9.07. The Morgan fingerprint density at radius 3 is 2.76 bits per heavy atom. The number of ether oxygens (including phenoxy) is 1. The number of piperazine rings is 1. The number of carbonyl (C=O) groups is 1. The van der Waals surface area contributed by atoms with Gasteiger partial charge in [-0.2, -0.15) is 8.78 Å². The minimum absolute atomic E-state index is 0.122. The molecule has 0 radical (unpaired) electrons. The van der Waals surface area contributed by atoms with Crippen LogP contribution in [0, 0.1) is 0 Å². The summed E-state index contributed by atoms with van der Waals surface area (Å²) in [5, 5.41) is 3.38. The van der Waals surface area contributed by atoms with Crippen LogP contribution in [0.5, 0.6) is 5.88 Å².